The smallest absolute Gasteiger partial charge is 0.0650 e. The number of aromatic nitrogens is 2. The molecule has 0 amide bonds. The van der Waals surface area contributed by atoms with Gasteiger partial charge in [-0.05, 0) is 50.0 Å². The van der Waals surface area contributed by atoms with E-state index in [2.05, 4.69) is 132 Å². The van der Waals surface area contributed by atoms with Crippen molar-refractivity contribution in [3.63, 3.8) is 0 Å². The summed E-state index contributed by atoms with van der Waals surface area (Å²) in [7, 11) is 0. The Morgan fingerprint density at radius 1 is 0.500 bits per heavy atom. The van der Waals surface area contributed by atoms with Crippen LogP contribution < -0.4 is 0 Å². The summed E-state index contributed by atoms with van der Waals surface area (Å²) in [5, 5.41) is 5.03. The van der Waals surface area contributed by atoms with Gasteiger partial charge in [0.15, 0.2) is 0 Å². The third-order valence-corrected chi connectivity index (χ3v) is 6.67. The molecule has 0 aliphatic heterocycles. The highest BCUT2D eigenvalue weighted by atomic mass is 15.0. The van der Waals surface area contributed by atoms with Crippen molar-refractivity contribution in [1.82, 2.24) is 9.13 Å². The van der Waals surface area contributed by atoms with Gasteiger partial charge in [-0.1, -0.05) is 72.5 Å². The molecule has 0 radical (unpaired) electrons. The summed E-state index contributed by atoms with van der Waals surface area (Å²) in [6, 6.07) is 29.9. The minimum Gasteiger partial charge on any atom is -0.340 e. The first kappa shape index (κ1) is 20.2. The summed E-state index contributed by atoms with van der Waals surface area (Å²) in [5.41, 5.74) is 6.91. The van der Waals surface area contributed by atoms with Crippen molar-refractivity contribution >= 4 is 43.6 Å². The Bertz CT molecular complexity index is 1700. The highest BCUT2D eigenvalue weighted by Crippen LogP contribution is 2.32. The minimum absolute atomic E-state index is 0.901. The van der Waals surface area contributed by atoms with Crippen LogP contribution in [0.25, 0.3) is 43.6 Å². The topological polar surface area (TPSA) is 9.86 Å². The monoisotopic (exact) mass is 436 g/mol. The van der Waals surface area contributed by atoms with Gasteiger partial charge in [-0.2, -0.15) is 0 Å². The Morgan fingerprint density at radius 2 is 0.912 bits per heavy atom. The standard InChI is InChI=1S/C32H24N2/c1-3-33-29-21-9-7-17-25(29)27-19-11-15-23(31(27)33)13-5-6-14-24-16-12-20-28-26-18-8-10-22-30(26)34(4-2)32(24)28/h7-12,15-22H,3-4H2,1-2H3. The predicted octanol–water partition coefficient (Wildman–Crippen LogP) is 7.35. The van der Waals surface area contributed by atoms with Gasteiger partial charge in [-0.15, -0.1) is 0 Å². The second-order valence-electron chi connectivity index (χ2n) is 8.43. The molecule has 0 N–H and O–H groups in total. The van der Waals surface area contributed by atoms with Crippen molar-refractivity contribution in [2.75, 3.05) is 0 Å². The van der Waals surface area contributed by atoms with Gasteiger partial charge in [0.25, 0.3) is 0 Å². The zero-order valence-electron chi connectivity index (χ0n) is 19.4. The third kappa shape index (κ3) is 3.01. The maximum atomic E-state index is 3.35. The van der Waals surface area contributed by atoms with Crippen molar-refractivity contribution in [1.29, 1.82) is 0 Å². The average Bonchev–Trinajstić information content (AvgIpc) is 3.40. The number of fused-ring (bicyclic) bond motifs is 6. The van der Waals surface area contributed by atoms with Crippen LogP contribution in [0.2, 0.25) is 0 Å². The van der Waals surface area contributed by atoms with Gasteiger partial charge in [0, 0.05) is 56.8 Å². The van der Waals surface area contributed by atoms with Crippen LogP contribution in [0.3, 0.4) is 0 Å². The molecule has 2 heterocycles. The van der Waals surface area contributed by atoms with Crippen molar-refractivity contribution in [3.8, 4) is 23.7 Å². The molecule has 0 aliphatic rings. The van der Waals surface area contributed by atoms with Crippen LogP contribution in [0, 0.1) is 23.7 Å². The van der Waals surface area contributed by atoms with E-state index in [1.165, 1.54) is 43.6 Å². The van der Waals surface area contributed by atoms with Crippen LogP contribution in [-0.2, 0) is 13.1 Å². The summed E-state index contributed by atoms with van der Waals surface area (Å²) in [5.74, 6) is 13.0. The van der Waals surface area contributed by atoms with Gasteiger partial charge in [0.05, 0.1) is 11.0 Å². The third-order valence-electron chi connectivity index (χ3n) is 6.67. The molecular weight excluding hydrogens is 412 g/mol. The Morgan fingerprint density at radius 3 is 1.35 bits per heavy atom. The fourth-order valence-electron chi connectivity index (χ4n) is 5.27. The summed E-state index contributed by atoms with van der Waals surface area (Å²) < 4.78 is 4.70. The van der Waals surface area contributed by atoms with Crippen LogP contribution in [0.1, 0.15) is 25.0 Å². The van der Waals surface area contributed by atoms with Crippen molar-refractivity contribution in [2.24, 2.45) is 0 Å². The normalized spacial score (nSPS) is 11.0. The maximum Gasteiger partial charge on any atom is 0.0650 e. The highest BCUT2D eigenvalue weighted by molar-refractivity contribution is 6.10. The average molecular weight is 437 g/mol. The number of hydrogen-bond acceptors (Lipinski definition) is 0. The van der Waals surface area contributed by atoms with Gasteiger partial charge >= 0.3 is 0 Å². The Kier molecular flexibility index (Phi) is 4.87. The van der Waals surface area contributed by atoms with Gasteiger partial charge in [0.2, 0.25) is 0 Å². The van der Waals surface area contributed by atoms with Crippen LogP contribution in [-0.4, -0.2) is 9.13 Å². The molecule has 2 heteroatoms. The lowest BCUT2D eigenvalue weighted by Gasteiger charge is -2.04. The molecule has 0 aliphatic carbocycles. The second kappa shape index (κ2) is 8.18. The minimum atomic E-state index is 0.901. The predicted molar refractivity (Wildman–Crippen MR) is 144 cm³/mol. The fourth-order valence-corrected chi connectivity index (χ4v) is 5.27. The first-order chi connectivity index (χ1) is 16.8. The Labute approximate surface area is 199 Å². The van der Waals surface area contributed by atoms with Gasteiger partial charge in [0.1, 0.15) is 0 Å². The van der Waals surface area contributed by atoms with E-state index >= 15 is 0 Å². The van der Waals surface area contributed by atoms with Crippen LogP contribution >= 0.6 is 0 Å². The first-order valence-electron chi connectivity index (χ1n) is 11.8. The number of rotatable bonds is 2. The van der Waals surface area contributed by atoms with Gasteiger partial charge < -0.3 is 9.13 Å². The molecule has 0 fully saturated rings. The van der Waals surface area contributed by atoms with E-state index in [1.807, 2.05) is 0 Å². The quantitative estimate of drug-likeness (QED) is 0.251. The SMILES string of the molecule is CCn1c2ccccc2c2cccc(C#CC#Cc3cccc4c5ccccc5n(CC)c34)c21. The van der Waals surface area contributed by atoms with Crippen molar-refractivity contribution < 1.29 is 0 Å². The highest BCUT2D eigenvalue weighted by Gasteiger charge is 2.12. The molecule has 162 valence electrons. The summed E-state index contributed by atoms with van der Waals surface area (Å²) in [6.45, 7) is 6.17. The summed E-state index contributed by atoms with van der Waals surface area (Å²) in [6.07, 6.45) is 0. The molecule has 0 spiro atoms. The van der Waals surface area contributed by atoms with E-state index in [9.17, 15) is 0 Å². The Balaban J connectivity index is 1.48. The molecule has 6 rings (SSSR count). The number of nitrogens with zero attached hydrogens (tertiary/aromatic N) is 2. The van der Waals surface area contributed by atoms with E-state index in [0.29, 0.717) is 0 Å². The lowest BCUT2D eigenvalue weighted by atomic mass is 10.1. The summed E-state index contributed by atoms with van der Waals surface area (Å²) in [4.78, 5) is 0. The molecule has 34 heavy (non-hydrogen) atoms. The molecule has 0 bridgehead atoms. The lowest BCUT2D eigenvalue weighted by Crippen LogP contribution is -1.95. The van der Waals surface area contributed by atoms with Crippen LogP contribution in [0.15, 0.2) is 84.9 Å². The van der Waals surface area contributed by atoms with Gasteiger partial charge in [-0.3, -0.25) is 0 Å². The number of para-hydroxylation sites is 4. The van der Waals surface area contributed by atoms with Crippen molar-refractivity contribution in [2.45, 2.75) is 26.9 Å². The van der Waals surface area contributed by atoms with Gasteiger partial charge in [-0.25, -0.2) is 0 Å². The Hall–Kier alpha value is -4.40. The lowest BCUT2D eigenvalue weighted by molar-refractivity contribution is 0.826. The maximum absolute atomic E-state index is 3.35. The molecular formula is C32H24N2. The van der Waals surface area contributed by atoms with Crippen molar-refractivity contribution in [3.05, 3.63) is 96.1 Å². The number of benzene rings is 4. The van der Waals surface area contributed by atoms with E-state index in [1.54, 1.807) is 0 Å². The summed E-state index contributed by atoms with van der Waals surface area (Å²) >= 11 is 0. The van der Waals surface area contributed by atoms with E-state index in [-0.39, 0.29) is 0 Å². The largest absolute Gasteiger partial charge is 0.340 e. The van der Waals surface area contributed by atoms with Crippen LogP contribution in [0.5, 0.6) is 0 Å². The van der Waals surface area contributed by atoms with E-state index in [4.69, 9.17) is 0 Å². The molecule has 0 unspecified atom stereocenters. The van der Waals surface area contributed by atoms with E-state index in [0.717, 1.165) is 24.2 Å². The van der Waals surface area contributed by atoms with Crippen LogP contribution in [0.4, 0.5) is 0 Å². The fraction of sp³-hybridized carbons (Fsp3) is 0.125. The number of aryl methyl sites for hydroxylation is 2. The zero-order chi connectivity index (χ0) is 23.1. The molecule has 6 aromatic rings. The molecule has 2 aromatic heterocycles. The zero-order valence-corrected chi connectivity index (χ0v) is 19.4. The first-order valence-corrected chi connectivity index (χ1v) is 11.8. The molecule has 0 atom stereocenters. The molecule has 0 saturated carbocycles. The second-order valence-corrected chi connectivity index (χ2v) is 8.43. The molecule has 4 aromatic carbocycles. The van der Waals surface area contributed by atoms with E-state index < -0.39 is 0 Å². The molecule has 2 nitrogen and oxygen atoms in total. The molecule has 0 saturated heterocycles. The number of hydrogen-bond donors (Lipinski definition) is 0.